The van der Waals surface area contributed by atoms with Crippen LogP contribution in [0.1, 0.15) is 37.5 Å². The number of hydrogen-bond acceptors (Lipinski definition) is 4. The first kappa shape index (κ1) is 26.3. The summed E-state index contributed by atoms with van der Waals surface area (Å²) < 4.78 is 5.53. The molecule has 4 nitrogen and oxygen atoms in total. The Morgan fingerprint density at radius 3 is 2.11 bits per heavy atom. The lowest BCUT2D eigenvalue weighted by Crippen LogP contribution is -2.23. The lowest BCUT2D eigenvalue weighted by molar-refractivity contribution is 0.207. The number of benzene rings is 4. The second kappa shape index (κ2) is 11.1. The molecule has 2 N–H and O–H groups in total. The van der Waals surface area contributed by atoms with Crippen molar-refractivity contribution in [3.8, 4) is 16.9 Å². The van der Waals surface area contributed by atoms with Gasteiger partial charge in [-0.15, -0.1) is 0 Å². The zero-order valence-corrected chi connectivity index (χ0v) is 22.8. The van der Waals surface area contributed by atoms with Crippen molar-refractivity contribution in [2.45, 2.75) is 40.0 Å². The SMILES string of the molecule is COCCN(c1ccccc1Nc1ccc(C)cc1)c1ccccc1-c1cc(C)cc(C(C)(C)C)c1O. The molecule has 0 amide bonds. The minimum Gasteiger partial charge on any atom is -0.507 e. The zero-order chi connectivity index (χ0) is 26.6. The van der Waals surface area contributed by atoms with Gasteiger partial charge in [0.05, 0.1) is 18.0 Å². The molecule has 0 unspecified atom stereocenters. The number of methoxy groups -OCH3 is 1. The lowest BCUT2D eigenvalue weighted by atomic mass is 9.83. The normalized spacial score (nSPS) is 11.4. The Labute approximate surface area is 221 Å². The van der Waals surface area contributed by atoms with E-state index < -0.39 is 0 Å². The predicted octanol–water partition coefficient (Wildman–Crippen LogP) is 8.50. The van der Waals surface area contributed by atoms with Gasteiger partial charge in [-0.05, 0) is 61.2 Å². The van der Waals surface area contributed by atoms with Crippen LogP contribution in [0.2, 0.25) is 0 Å². The van der Waals surface area contributed by atoms with Crippen LogP contribution >= 0.6 is 0 Å². The number of anilines is 4. The van der Waals surface area contributed by atoms with E-state index in [2.05, 4.69) is 112 Å². The highest BCUT2D eigenvalue weighted by atomic mass is 16.5. The van der Waals surface area contributed by atoms with Crippen LogP contribution in [0.3, 0.4) is 0 Å². The average molecular weight is 495 g/mol. The Kier molecular flexibility index (Phi) is 7.89. The maximum atomic E-state index is 11.5. The monoisotopic (exact) mass is 494 g/mol. The molecule has 37 heavy (non-hydrogen) atoms. The number of hydrogen-bond donors (Lipinski definition) is 2. The van der Waals surface area contributed by atoms with E-state index in [1.54, 1.807) is 7.11 Å². The number of aromatic hydroxyl groups is 1. The molecule has 0 radical (unpaired) electrons. The van der Waals surface area contributed by atoms with Crippen LogP contribution in [-0.4, -0.2) is 25.4 Å². The van der Waals surface area contributed by atoms with Crippen LogP contribution < -0.4 is 10.2 Å². The Balaban J connectivity index is 1.86. The first-order valence-corrected chi connectivity index (χ1v) is 12.8. The summed E-state index contributed by atoms with van der Waals surface area (Å²) >= 11 is 0. The topological polar surface area (TPSA) is 44.7 Å². The quantitative estimate of drug-likeness (QED) is 0.258. The van der Waals surface area contributed by atoms with Crippen molar-refractivity contribution in [1.29, 1.82) is 0 Å². The highest BCUT2D eigenvalue weighted by Gasteiger charge is 2.24. The van der Waals surface area contributed by atoms with Crippen LogP contribution in [0.4, 0.5) is 22.7 Å². The van der Waals surface area contributed by atoms with Gasteiger partial charge in [0, 0.05) is 41.7 Å². The van der Waals surface area contributed by atoms with Gasteiger partial charge < -0.3 is 20.1 Å². The second-order valence-corrected chi connectivity index (χ2v) is 10.6. The van der Waals surface area contributed by atoms with E-state index >= 15 is 0 Å². The Morgan fingerprint density at radius 1 is 0.784 bits per heavy atom. The van der Waals surface area contributed by atoms with Crippen LogP contribution in [0.15, 0.2) is 84.9 Å². The zero-order valence-electron chi connectivity index (χ0n) is 22.8. The van der Waals surface area contributed by atoms with E-state index in [0.29, 0.717) is 18.9 Å². The van der Waals surface area contributed by atoms with Crippen LogP contribution in [0.5, 0.6) is 5.75 Å². The molecule has 0 aliphatic heterocycles. The van der Waals surface area contributed by atoms with Crippen molar-refractivity contribution in [3.05, 3.63) is 102 Å². The molecule has 0 bridgehead atoms. The number of rotatable bonds is 8. The van der Waals surface area contributed by atoms with Crippen LogP contribution in [0.25, 0.3) is 11.1 Å². The Bertz CT molecular complexity index is 1350. The fourth-order valence-electron chi connectivity index (χ4n) is 4.65. The van der Waals surface area contributed by atoms with Gasteiger partial charge in [-0.3, -0.25) is 0 Å². The fraction of sp³-hybridized carbons (Fsp3) is 0.273. The number of aryl methyl sites for hydroxylation is 2. The molecule has 0 heterocycles. The first-order chi connectivity index (χ1) is 17.7. The van der Waals surface area contributed by atoms with E-state index in [1.165, 1.54) is 5.56 Å². The number of phenols is 1. The minimum absolute atomic E-state index is 0.180. The summed E-state index contributed by atoms with van der Waals surface area (Å²) in [7, 11) is 1.72. The maximum absolute atomic E-state index is 11.5. The van der Waals surface area contributed by atoms with E-state index in [-0.39, 0.29) is 5.41 Å². The van der Waals surface area contributed by atoms with Crippen molar-refractivity contribution in [2.24, 2.45) is 0 Å². The number of nitrogens with one attached hydrogen (secondary N) is 1. The third-order valence-corrected chi connectivity index (χ3v) is 6.59. The third kappa shape index (κ3) is 5.98. The smallest absolute Gasteiger partial charge is 0.127 e. The van der Waals surface area contributed by atoms with Gasteiger partial charge in [0.2, 0.25) is 0 Å². The standard InChI is InChI=1S/C33H38N2O2/c1-23-15-17-25(18-16-23)34-29-12-8-10-14-31(29)35(19-20-37-6)30-13-9-7-11-26(30)27-21-24(2)22-28(32(27)36)33(3,4)5/h7-18,21-22,34,36H,19-20H2,1-6H3. The molecule has 0 spiro atoms. The Hall–Kier alpha value is -3.76. The first-order valence-electron chi connectivity index (χ1n) is 12.8. The molecule has 0 atom stereocenters. The van der Waals surface area contributed by atoms with Gasteiger partial charge in [-0.1, -0.05) is 74.9 Å². The van der Waals surface area contributed by atoms with Crippen LogP contribution in [-0.2, 0) is 10.2 Å². The van der Waals surface area contributed by atoms with Crippen molar-refractivity contribution >= 4 is 22.7 Å². The summed E-state index contributed by atoms with van der Waals surface area (Å²) in [6.07, 6.45) is 0. The van der Waals surface area contributed by atoms with Crippen molar-refractivity contribution in [1.82, 2.24) is 0 Å². The van der Waals surface area contributed by atoms with Gasteiger partial charge in [0.15, 0.2) is 0 Å². The van der Waals surface area contributed by atoms with Crippen LogP contribution in [0, 0.1) is 13.8 Å². The van der Waals surface area contributed by atoms with E-state index in [9.17, 15) is 5.11 Å². The largest absolute Gasteiger partial charge is 0.507 e. The third-order valence-electron chi connectivity index (χ3n) is 6.59. The van der Waals surface area contributed by atoms with E-state index in [1.807, 2.05) is 18.2 Å². The molecular formula is C33H38N2O2. The molecule has 4 heteroatoms. The van der Waals surface area contributed by atoms with Crippen molar-refractivity contribution in [3.63, 3.8) is 0 Å². The average Bonchev–Trinajstić information content (AvgIpc) is 2.87. The lowest BCUT2D eigenvalue weighted by Gasteiger charge is -2.30. The summed E-state index contributed by atoms with van der Waals surface area (Å²) in [5.41, 5.74) is 9.02. The second-order valence-electron chi connectivity index (χ2n) is 10.6. The molecule has 0 saturated carbocycles. The summed E-state index contributed by atoms with van der Waals surface area (Å²) in [5.74, 6) is 0.336. The molecule has 0 saturated heterocycles. The molecule has 192 valence electrons. The molecule has 0 aromatic heterocycles. The summed E-state index contributed by atoms with van der Waals surface area (Å²) in [5, 5.41) is 15.1. The molecule has 0 aliphatic rings. The number of nitrogens with zero attached hydrogens (tertiary/aromatic N) is 1. The van der Waals surface area contributed by atoms with Gasteiger partial charge >= 0.3 is 0 Å². The molecule has 0 fully saturated rings. The van der Waals surface area contributed by atoms with Crippen molar-refractivity contribution < 1.29 is 9.84 Å². The minimum atomic E-state index is -0.180. The molecule has 4 aromatic carbocycles. The molecule has 0 aliphatic carbocycles. The Morgan fingerprint density at radius 2 is 1.43 bits per heavy atom. The number of para-hydroxylation sites is 3. The van der Waals surface area contributed by atoms with Gasteiger partial charge in [-0.2, -0.15) is 0 Å². The van der Waals surface area contributed by atoms with E-state index in [0.717, 1.165) is 45.0 Å². The van der Waals surface area contributed by atoms with Crippen molar-refractivity contribution in [2.75, 3.05) is 30.5 Å². The van der Waals surface area contributed by atoms with Gasteiger partial charge in [-0.25, -0.2) is 0 Å². The number of ether oxygens (including phenoxy) is 1. The van der Waals surface area contributed by atoms with E-state index in [4.69, 9.17) is 4.74 Å². The maximum Gasteiger partial charge on any atom is 0.127 e. The van der Waals surface area contributed by atoms with Gasteiger partial charge in [0.25, 0.3) is 0 Å². The highest BCUT2D eigenvalue weighted by Crippen LogP contribution is 2.45. The molecular weight excluding hydrogens is 456 g/mol. The molecule has 4 aromatic rings. The highest BCUT2D eigenvalue weighted by molar-refractivity contribution is 5.89. The fourth-order valence-corrected chi connectivity index (χ4v) is 4.65. The summed E-state index contributed by atoms with van der Waals surface area (Å²) in [6.45, 7) is 11.8. The summed E-state index contributed by atoms with van der Waals surface area (Å²) in [6, 6.07) is 29.2. The predicted molar refractivity (Wildman–Crippen MR) is 157 cm³/mol. The number of phenolic OH excluding ortho intramolecular Hbond substituents is 1. The van der Waals surface area contributed by atoms with Gasteiger partial charge in [0.1, 0.15) is 5.75 Å². The molecule has 4 rings (SSSR count). The summed E-state index contributed by atoms with van der Waals surface area (Å²) in [4.78, 5) is 2.27.